The second-order valence-electron chi connectivity index (χ2n) is 9.72. The van der Waals surface area contributed by atoms with Gasteiger partial charge in [0.1, 0.15) is 11.0 Å². The second kappa shape index (κ2) is 7.46. The first-order valence-corrected chi connectivity index (χ1v) is 11.3. The van der Waals surface area contributed by atoms with E-state index in [1.54, 1.807) is 13.1 Å². The van der Waals surface area contributed by atoms with Crippen molar-refractivity contribution in [3.05, 3.63) is 62.4 Å². The minimum Gasteiger partial charge on any atom is -0.476 e. The van der Waals surface area contributed by atoms with Crippen molar-refractivity contribution >= 4 is 34.2 Å². The molecule has 7 nitrogen and oxygen atoms in total. The minimum absolute atomic E-state index is 0.0616. The van der Waals surface area contributed by atoms with E-state index in [0.29, 0.717) is 41.6 Å². The fourth-order valence-corrected chi connectivity index (χ4v) is 5.87. The highest BCUT2D eigenvalue weighted by atomic mass is 35.5. The van der Waals surface area contributed by atoms with Crippen LogP contribution in [-0.2, 0) is 12.5 Å². The van der Waals surface area contributed by atoms with Crippen LogP contribution in [0.3, 0.4) is 0 Å². The third-order valence-electron chi connectivity index (χ3n) is 7.27. The Bertz CT molecular complexity index is 1400. The van der Waals surface area contributed by atoms with E-state index in [1.807, 2.05) is 19.9 Å². The summed E-state index contributed by atoms with van der Waals surface area (Å²) in [4.78, 5) is 33.7. The number of carboxylic acids is 1. The van der Waals surface area contributed by atoms with Gasteiger partial charge in [0.15, 0.2) is 5.69 Å². The summed E-state index contributed by atoms with van der Waals surface area (Å²) in [5.74, 6) is -0.693. The maximum absolute atomic E-state index is 13.4. The summed E-state index contributed by atoms with van der Waals surface area (Å²) in [6.07, 6.45) is -1.38. The molecule has 2 N–H and O–H groups in total. The largest absolute Gasteiger partial charge is 0.476 e. The third kappa shape index (κ3) is 3.20. The molecule has 2 heterocycles. The average Bonchev–Trinajstić information content (AvgIpc) is 2.70. The van der Waals surface area contributed by atoms with Gasteiger partial charge in [-0.25, -0.2) is 23.5 Å². The Morgan fingerprint density at radius 2 is 1.91 bits per heavy atom. The van der Waals surface area contributed by atoms with E-state index in [4.69, 9.17) is 16.6 Å². The molecule has 0 spiro atoms. The molecule has 178 valence electrons. The van der Waals surface area contributed by atoms with Gasteiger partial charge in [0.2, 0.25) is 6.43 Å². The standard InChI is InChI=1S/C24H23ClF2N4O3/c1-11-6-13(12(2)28-15-4-5-16(25)29-18(15)20(33)34)17-14(7-11)19(32)31(3)22(30-17)24-8-23(9-24,10-24)21(26)27/h4-7,12,21,28H,8-10H2,1-3H3,(H,33,34)/t12-,23?,24?/m1/s1. The number of aromatic nitrogens is 3. The Kier molecular flexibility index (Phi) is 4.99. The molecule has 3 aliphatic carbocycles. The number of carbonyl (C=O) groups is 1. The number of nitrogens with zero attached hydrogens (tertiary/aromatic N) is 3. The number of hydrogen-bond donors (Lipinski definition) is 2. The van der Waals surface area contributed by atoms with Crippen LogP contribution < -0.4 is 10.9 Å². The Hall–Kier alpha value is -3.07. The molecule has 6 rings (SSSR count). The molecule has 0 amide bonds. The van der Waals surface area contributed by atoms with Crippen LogP contribution in [0.2, 0.25) is 5.15 Å². The molecule has 1 atom stereocenters. The number of alkyl halides is 2. The summed E-state index contributed by atoms with van der Waals surface area (Å²) >= 11 is 5.86. The van der Waals surface area contributed by atoms with E-state index < -0.39 is 29.3 Å². The number of pyridine rings is 1. The fraction of sp³-hybridized carbons (Fsp3) is 0.417. The molecule has 2 bridgehead atoms. The van der Waals surface area contributed by atoms with Crippen LogP contribution in [0.1, 0.15) is 59.7 Å². The molecular formula is C24H23ClF2N4O3. The zero-order valence-corrected chi connectivity index (χ0v) is 19.6. The number of fused-ring (bicyclic) bond motifs is 1. The molecular weight excluding hydrogens is 466 g/mol. The fourth-order valence-electron chi connectivity index (χ4n) is 5.72. The number of nitrogens with one attached hydrogen (secondary N) is 1. The van der Waals surface area contributed by atoms with Crippen LogP contribution in [0, 0.1) is 12.3 Å². The van der Waals surface area contributed by atoms with Crippen LogP contribution in [0.5, 0.6) is 0 Å². The quantitative estimate of drug-likeness (QED) is 0.481. The van der Waals surface area contributed by atoms with Crippen LogP contribution in [-0.4, -0.2) is 32.0 Å². The van der Waals surface area contributed by atoms with E-state index in [1.165, 1.54) is 16.7 Å². The van der Waals surface area contributed by atoms with Gasteiger partial charge >= 0.3 is 5.97 Å². The number of aromatic carboxylic acids is 1. The van der Waals surface area contributed by atoms with Gasteiger partial charge in [-0.1, -0.05) is 17.7 Å². The molecule has 3 aliphatic rings. The van der Waals surface area contributed by atoms with E-state index in [2.05, 4.69) is 10.3 Å². The van der Waals surface area contributed by atoms with E-state index in [0.717, 1.165) is 5.56 Å². The van der Waals surface area contributed by atoms with Gasteiger partial charge in [0, 0.05) is 23.4 Å². The van der Waals surface area contributed by atoms with Crippen molar-refractivity contribution in [1.29, 1.82) is 0 Å². The summed E-state index contributed by atoms with van der Waals surface area (Å²) in [5.41, 5.74) is 0.438. The number of rotatable bonds is 6. The minimum atomic E-state index is -2.37. The molecule has 0 radical (unpaired) electrons. The van der Waals surface area contributed by atoms with Crippen molar-refractivity contribution in [2.75, 3.05) is 5.32 Å². The predicted octanol–water partition coefficient (Wildman–Crippen LogP) is 4.85. The van der Waals surface area contributed by atoms with E-state index in [9.17, 15) is 23.5 Å². The number of aryl methyl sites for hydroxylation is 1. The molecule has 10 heteroatoms. The summed E-state index contributed by atoms with van der Waals surface area (Å²) in [7, 11) is 1.64. The van der Waals surface area contributed by atoms with Gasteiger partial charge in [-0.2, -0.15) is 0 Å². The molecule has 0 unspecified atom stereocenters. The van der Waals surface area contributed by atoms with Gasteiger partial charge in [-0.15, -0.1) is 0 Å². The van der Waals surface area contributed by atoms with Crippen molar-refractivity contribution in [3.8, 4) is 0 Å². The van der Waals surface area contributed by atoms with Gasteiger partial charge in [-0.3, -0.25) is 9.36 Å². The lowest BCUT2D eigenvalue weighted by molar-refractivity contribution is -0.225. The normalized spacial score (nSPS) is 24.0. The molecule has 3 saturated carbocycles. The second-order valence-corrected chi connectivity index (χ2v) is 10.1. The maximum Gasteiger partial charge on any atom is 0.356 e. The molecule has 3 aromatic rings. The number of halogens is 3. The lowest BCUT2D eigenvalue weighted by Crippen LogP contribution is -2.68. The lowest BCUT2D eigenvalue weighted by Gasteiger charge is -2.69. The first-order chi connectivity index (χ1) is 16.0. The van der Waals surface area contributed by atoms with Crippen molar-refractivity contribution < 1.29 is 18.7 Å². The summed E-state index contributed by atoms with van der Waals surface area (Å²) in [6, 6.07) is 6.25. The first-order valence-electron chi connectivity index (χ1n) is 10.9. The number of hydrogen-bond acceptors (Lipinski definition) is 5. The highest BCUT2D eigenvalue weighted by Gasteiger charge is 2.73. The van der Waals surface area contributed by atoms with Crippen molar-refractivity contribution in [2.45, 2.75) is 51.0 Å². The average molecular weight is 489 g/mol. The summed E-state index contributed by atoms with van der Waals surface area (Å²) in [6.45, 7) is 3.70. The van der Waals surface area contributed by atoms with Gasteiger partial charge < -0.3 is 10.4 Å². The summed E-state index contributed by atoms with van der Waals surface area (Å²) < 4.78 is 28.3. The Morgan fingerprint density at radius 1 is 1.24 bits per heavy atom. The van der Waals surface area contributed by atoms with Gasteiger partial charge in [0.25, 0.3) is 5.56 Å². The molecule has 1 aromatic carbocycles. The van der Waals surface area contributed by atoms with Gasteiger partial charge in [0.05, 0.1) is 22.6 Å². The first kappa shape index (κ1) is 22.7. The van der Waals surface area contributed by atoms with Crippen LogP contribution in [0.15, 0.2) is 29.1 Å². The van der Waals surface area contributed by atoms with Crippen LogP contribution in [0.4, 0.5) is 14.5 Å². The zero-order valence-electron chi connectivity index (χ0n) is 18.8. The number of benzene rings is 1. The van der Waals surface area contributed by atoms with Crippen LogP contribution >= 0.6 is 11.6 Å². The van der Waals surface area contributed by atoms with Crippen LogP contribution in [0.25, 0.3) is 10.9 Å². The highest BCUT2D eigenvalue weighted by Crippen LogP contribution is 2.75. The highest BCUT2D eigenvalue weighted by molar-refractivity contribution is 6.29. The monoisotopic (exact) mass is 488 g/mol. The van der Waals surface area contributed by atoms with Crippen molar-refractivity contribution in [3.63, 3.8) is 0 Å². The Labute approximate surface area is 198 Å². The molecule has 0 aliphatic heterocycles. The van der Waals surface area contributed by atoms with Crippen molar-refractivity contribution in [2.24, 2.45) is 12.5 Å². The third-order valence-corrected chi connectivity index (χ3v) is 7.48. The lowest BCUT2D eigenvalue weighted by atomic mass is 9.35. The van der Waals surface area contributed by atoms with E-state index >= 15 is 0 Å². The van der Waals surface area contributed by atoms with Crippen molar-refractivity contribution in [1.82, 2.24) is 14.5 Å². The number of anilines is 1. The molecule has 0 saturated heterocycles. The maximum atomic E-state index is 13.4. The number of carboxylic acid groups (broad SMARTS) is 1. The molecule has 34 heavy (non-hydrogen) atoms. The smallest absolute Gasteiger partial charge is 0.356 e. The van der Waals surface area contributed by atoms with E-state index in [-0.39, 0.29) is 22.1 Å². The SMILES string of the molecule is Cc1cc([C@@H](C)Nc2ccc(Cl)nc2C(=O)O)c2nc(C34CC(C(F)F)(C3)C4)n(C)c(=O)c2c1. The Morgan fingerprint density at radius 3 is 2.53 bits per heavy atom. The van der Waals surface area contributed by atoms with Gasteiger partial charge in [-0.05, 0) is 56.9 Å². The Balaban J connectivity index is 1.59. The predicted molar refractivity (Wildman–Crippen MR) is 124 cm³/mol. The zero-order chi connectivity index (χ0) is 24.6. The summed E-state index contributed by atoms with van der Waals surface area (Å²) in [5, 5.41) is 13.2. The molecule has 2 aromatic heterocycles. The molecule has 3 fully saturated rings. The topological polar surface area (TPSA) is 97.1 Å².